The lowest BCUT2D eigenvalue weighted by atomic mass is 9.68. The summed E-state index contributed by atoms with van der Waals surface area (Å²) in [6.07, 6.45) is 1.45. The standard InChI is InChI=1S/C26H23I2NO2/c1-26(2)12-18-22-16-7-5-4-6-14(16)8-9-20(22)29-24(23(18)21(30)13-26)17-10-15(27)11-19(28)25(17)31-3/h4-11,24,29H,12-13H2,1-3H3/t24-/m1/s1. The number of methoxy groups -OCH3 is 1. The molecule has 3 aromatic rings. The minimum Gasteiger partial charge on any atom is -0.495 e. The Morgan fingerprint density at radius 3 is 2.61 bits per heavy atom. The third kappa shape index (κ3) is 3.57. The first-order valence-corrected chi connectivity index (χ1v) is 12.5. The molecule has 5 heteroatoms. The first-order valence-electron chi connectivity index (χ1n) is 10.4. The molecule has 0 radical (unpaired) electrons. The number of halogens is 2. The smallest absolute Gasteiger partial charge is 0.162 e. The van der Waals surface area contributed by atoms with Gasteiger partial charge in [-0.3, -0.25) is 4.79 Å². The highest BCUT2D eigenvalue weighted by molar-refractivity contribution is 14.1. The van der Waals surface area contributed by atoms with E-state index in [4.69, 9.17) is 4.74 Å². The third-order valence-electron chi connectivity index (χ3n) is 6.29. The first kappa shape index (κ1) is 21.2. The van der Waals surface area contributed by atoms with E-state index >= 15 is 0 Å². The van der Waals surface area contributed by atoms with Crippen molar-refractivity contribution in [3.05, 3.63) is 72.4 Å². The van der Waals surface area contributed by atoms with E-state index < -0.39 is 0 Å². The van der Waals surface area contributed by atoms with Crippen molar-refractivity contribution in [3.63, 3.8) is 0 Å². The van der Waals surface area contributed by atoms with Gasteiger partial charge in [-0.2, -0.15) is 0 Å². The molecule has 2 aliphatic rings. The van der Waals surface area contributed by atoms with E-state index in [0.29, 0.717) is 6.42 Å². The van der Waals surface area contributed by atoms with Crippen LogP contribution in [0.3, 0.4) is 0 Å². The van der Waals surface area contributed by atoms with E-state index in [1.165, 1.54) is 21.9 Å². The Bertz CT molecular complexity index is 1280. The van der Waals surface area contributed by atoms with Crippen molar-refractivity contribution in [2.24, 2.45) is 5.41 Å². The van der Waals surface area contributed by atoms with Crippen LogP contribution in [-0.2, 0) is 4.79 Å². The van der Waals surface area contributed by atoms with E-state index in [1.807, 2.05) is 0 Å². The molecule has 3 nitrogen and oxygen atoms in total. The van der Waals surface area contributed by atoms with Crippen LogP contribution >= 0.6 is 45.2 Å². The van der Waals surface area contributed by atoms with Gasteiger partial charge >= 0.3 is 0 Å². The molecule has 0 saturated carbocycles. The number of allylic oxidation sites excluding steroid dienone is 1. The molecular formula is C26H23I2NO2. The number of nitrogens with one attached hydrogen (secondary N) is 1. The van der Waals surface area contributed by atoms with Crippen molar-refractivity contribution in [1.29, 1.82) is 0 Å². The number of hydrogen-bond donors (Lipinski definition) is 1. The van der Waals surface area contributed by atoms with Crippen molar-refractivity contribution >= 4 is 73.0 Å². The van der Waals surface area contributed by atoms with Crippen LogP contribution in [0, 0.1) is 12.6 Å². The Hall–Kier alpha value is -1.61. The van der Waals surface area contributed by atoms with E-state index in [1.54, 1.807) is 7.11 Å². The zero-order chi connectivity index (χ0) is 21.9. The fraction of sp³-hybridized carbons (Fsp3) is 0.269. The fourth-order valence-corrected chi connectivity index (χ4v) is 7.19. The summed E-state index contributed by atoms with van der Waals surface area (Å²) in [7, 11) is 1.71. The minimum atomic E-state index is -0.217. The molecule has 3 aromatic carbocycles. The van der Waals surface area contributed by atoms with Crippen molar-refractivity contribution in [1.82, 2.24) is 0 Å². The average molecular weight is 635 g/mol. The van der Waals surface area contributed by atoms with E-state index in [2.05, 4.69) is 113 Å². The molecule has 1 aliphatic heterocycles. The molecular weight excluding hydrogens is 612 g/mol. The van der Waals surface area contributed by atoms with Gasteiger partial charge in [0.1, 0.15) is 5.75 Å². The Morgan fingerprint density at radius 2 is 1.84 bits per heavy atom. The monoisotopic (exact) mass is 635 g/mol. The zero-order valence-corrected chi connectivity index (χ0v) is 22.0. The Morgan fingerprint density at radius 1 is 1.06 bits per heavy atom. The molecule has 0 saturated heterocycles. The molecule has 5 rings (SSSR count). The van der Waals surface area contributed by atoms with Crippen molar-refractivity contribution in [3.8, 4) is 5.75 Å². The first-order chi connectivity index (χ1) is 14.8. The summed E-state index contributed by atoms with van der Waals surface area (Å²) in [5.41, 5.74) is 5.33. The van der Waals surface area contributed by atoms with Gasteiger partial charge in [0, 0.05) is 32.4 Å². The highest BCUT2D eigenvalue weighted by Gasteiger charge is 2.41. The number of Topliss-reactive ketones (excluding diaryl/α,β-unsaturated/α-hetero) is 1. The molecule has 31 heavy (non-hydrogen) atoms. The molecule has 0 fully saturated rings. The molecule has 1 heterocycles. The molecule has 1 aliphatic carbocycles. The second-order valence-corrected chi connectivity index (χ2v) is 11.5. The van der Waals surface area contributed by atoms with E-state index in [0.717, 1.165) is 36.1 Å². The lowest BCUT2D eigenvalue weighted by Gasteiger charge is -2.40. The molecule has 0 spiro atoms. The number of benzene rings is 3. The normalized spacial score (nSPS) is 19.6. The van der Waals surface area contributed by atoms with Crippen LogP contribution in [0.15, 0.2) is 54.1 Å². The second kappa shape index (κ2) is 7.76. The van der Waals surface area contributed by atoms with Crippen LogP contribution in [0.25, 0.3) is 16.3 Å². The number of ketones is 1. The number of rotatable bonds is 2. The maximum absolute atomic E-state index is 13.6. The van der Waals surface area contributed by atoms with E-state index in [-0.39, 0.29) is 17.2 Å². The Labute approximate surface area is 209 Å². The summed E-state index contributed by atoms with van der Waals surface area (Å²) in [4.78, 5) is 13.6. The van der Waals surface area contributed by atoms with Crippen molar-refractivity contribution in [2.45, 2.75) is 32.7 Å². The van der Waals surface area contributed by atoms with Crippen molar-refractivity contribution < 1.29 is 9.53 Å². The molecule has 158 valence electrons. The molecule has 1 N–H and O–H groups in total. The van der Waals surface area contributed by atoms with Gasteiger partial charge in [-0.25, -0.2) is 0 Å². The SMILES string of the molecule is COc1c(I)cc(I)cc1[C@H]1Nc2ccc3ccccc3c2C2=C1C(=O)CC(C)(C)C2. The number of anilines is 1. The summed E-state index contributed by atoms with van der Waals surface area (Å²) in [5.74, 6) is 1.07. The quantitative estimate of drug-likeness (QED) is 0.299. The minimum absolute atomic E-state index is 0.0599. The van der Waals surface area contributed by atoms with Crippen LogP contribution in [0.2, 0.25) is 0 Å². The maximum Gasteiger partial charge on any atom is 0.162 e. The molecule has 1 atom stereocenters. The van der Waals surface area contributed by atoms with Gasteiger partial charge in [0.15, 0.2) is 5.78 Å². The predicted molar refractivity (Wildman–Crippen MR) is 144 cm³/mol. The van der Waals surface area contributed by atoms with Crippen LogP contribution in [0.4, 0.5) is 5.69 Å². The lowest BCUT2D eigenvalue weighted by Crippen LogP contribution is -2.33. The number of carbonyl (C=O) groups is 1. The topological polar surface area (TPSA) is 38.3 Å². The number of carbonyl (C=O) groups excluding carboxylic acids is 1. The van der Waals surface area contributed by atoms with Crippen LogP contribution in [0.5, 0.6) is 5.75 Å². The third-order valence-corrected chi connectivity index (χ3v) is 7.72. The maximum atomic E-state index is 13.6. The fourth-order valence-electron chi connectivity index (χ4n) is 5.08. The van der Waals surface area contributed by atoms with Gasteiger partial charge in [-0.15, -0.1) is 0 Å². The predicted octanol–water partition coefficient (Wildman–Crippen LogP) is 7.37. The summed E-state index contributed by atoms with van der Waals surface area (Å²) >= 11 is 4.66. The summed E-state index contributed by atoms with van der Waals surface area (Å²) in [6, 6.07) is 16.8. The van der Waals surface area contributed by atoms with Gasteiger partial charge in [-0.1, -0.05) is 44.2 Å². The van der Waals surface area contributed by atoms with Crippen molar-refractivity contribution in [2.75, 3.05) is 12.4 Å². The highest BCUT2D eigenvalue weighted by atomic mass is 127. The Balaban J connectivity index is 1.83. The zero-order valence-electron chi connectivity index (χ0n) is 17.7. The summed E-state index contributed by atoms with van der Waals surface area (Å²) in [6.45, 7) is 4.40. The lowest BCUT2D eigenvalue weighted by molar-refractivity contribution is -0.118. The van der Waals surface area contributed by atoms with Gasteiger partial charge in [0.25, 0.3) is 0 Å². The number of fused-ring (bicyclic) bond motifs is 4. The Kier molecular flexibility index (Phi) is 5.32. The number of hydrogen-bond acceptors (Lipinski definition) is 3. The van der Waals surface area contributed by atoms with Crippen LogP contribution < -0.4 is 10.1 Å². The second-order valence-electron chi connectivity index (χ2n) is 9.13. The highest BCUT2D eigenvalue weighted by Crippen LogP contribution is 2.53. The molecule has 0 unspecified atom stereocenters. The van der Waals surface area contributed by atoms with E-state index in [9.17, 15) is 4.79 Å². The molecule has 0 amide bonds. The van der Waals surface area contributed by atoms with Gasteiger partial charge in [-0.05, 0) is 91.6 Å². The summed E-state index contributed by atoms with van der Waals surface area (Å²) in [5, 5.41) is 6.13. The number of ether oxygens (including phenoxy) is 1. The van der Waals surface area contributed by atoms with Gasteiger partial charge < -0.3 is 10.1 Å². The largest absolute Gasteiger partial charge is 0.495 e. The molecule has 0 bridgehead atoms. The van der Waals surface area contributed by atoms with Crippen LogP contribution in [0.1, 0.15) is 43.9 Å². The molecule has 0 aromatic heterocycles. The summed E-state index contributed by atoms with van der Waals surface area (Å²) < 4.78 is 8.00. The van der Waals surface area contributed by atoms with Gasteiger partial charge in [0.2, 0.25) is 0 Å². The average Bonchev–Trinajstić information content (AvgIpc) is 2.71. The van der Waals surface area contributed by atoms with Gasteiger partial charge in [0.05, 0.1) is 16.7 Å². The van der Waals surface area contributed by atoms with Crippen LogP contribution in [-0.4, -0.2) is 12.9 Å².